The number of nitrogens with one attached hydrogen (secondary N) is 1. The average molecular weight is 487 g/mol. The van der Waals surface area contributed by atoms with E-state index < -0.39 is 0 Å². The highest BCUT2D eigenvalue weighted by atomic mass is 16.5. The lowest BCUT2D eigenvalue weighted by molar-refractivity contribution is -0.140. The van der Waals surface area contributed by atoms with Crippen molar-refractivity contribution < 1.29 is 28.5 Å². The maximum atomic E-state index is 12.4. The van der Waals surface area contributed by atoms with Gasteiger partial charge in [-0.25, -0.2) is 0 Å². The van der Waals surface area contributed by atoms with Gasteiger partial charge in [0.1, 0.15) is 11.5 Å². The number of rotatable bonds is 10. The molecule has 0 aliphatic rings. The summed E-state index contributed by atoms with van der Waals surface area (Å²) in [6, 6.07) is 21.5. The molecule has 3 aromatic carbocycles. The average Bonchev–Trinajstić information content (AvgIpc) is 2.92. The van der Waals surface area contributed by atoms with E-state index >= 15 is 0 Å². The van der Waals surface area contributed by atoms with Crippen LogP contribution in [0.4, 0.5) is 5.69 Å². The molecule has 0 aliphatic heterocycles. The van der Waals surface area contributed by atoms with Crippen LogP contribution in [0.15, 0.2) is 79.0 Å². The minimum absolute atomic E-state index is 0.181. The zero-order chi connectivity index (χ0) is 25.3. The predicted octanol–water partition coefficient (Wildman–Crippen LogP) is 5.62. The van der Waals surface area contributed by atoms with Gasteiger partial charge in [-0.15, -0.1) is 0 Å². The van der Waals surface area contributed by atoms with Crippen LogP contribution in [0.25, 0.3) is 10.9 Å². The Balaban J connectivity index is 1.46. The molecule has 0 spiro atoms. The van der Waals surface area contributed by atoms with Crippen molar-refractivity contribution in [2.75, 3.05) is 26.1 Å². The second kappa shape index (κ2) is 11.7. The summed E-state index contributed by atoms with van der Waals surface area (Å²) in [6.07, 6.45) is 2.45. The molecule has 8 nitrogen and oxygen atoms in total. The second-order valence-electron chi connectivity index (χ2n) is 7.80. The number of amides is 1. The summed E-state index contributed by atoms with van der Waals surface area (Å²) in [5, 5.41) is 3.62. The maximum absolute atomic E-state index is 12.4. The second-order valence-corrected chi connectivity index (χ2v) is 7.80. The number of anilines is 1. The first-order chi connectivity index (χ1) is 17.6. The minimum atomic E-state index is -0.279. The Kier molecular flexibility index (Phi) is 7.97. The first-order valence-electron chi connectivity index (χ1n) is 11.4. The van der Waals surface area contributed by atoms with Crippen LogP contribution in [-0.4, -0.2) is 37.7 Å². The van der Waals surface area contributed by atoms with Crippen molar-refractivity contribution >= 4 is 28.5 Å². The highest BCUT2D eigenvalue weighted by molar-refractivity contribution is 6.04. The lowest BCUT2D eigenvalue weighted by atomic mass is 10.1. The van der Waals surface area contributed by atoms with E-state index in [-0.39, 0.29) is 18.3 Å². The molecule has 8 heteroatoms. The molecule has 184 valence electrons. The predicted molar refractivity (Wildman–Crippen MR) is 136 cm³/mol. The summed E-state index contributed by atoms with van der Waals surface area (Å²) in [5.41, 5.74) is 1.91. The monoisotopic (exact) mass is 486 g/mol. The van der Waals surface area contributed by atoms with Crippen LogP contribution >= 0.6 is 0 Å². The topological polar surface area (TPSA) is 96.0 Å². The summed E-state index contributed by atoms with van der Waals surface area (Å²) in [5.74, 6) is 1.79. The summed E-state index contributed by atoms with van der Waals surface area (Å²) in [4.78, 5) is 28.1. The van der Waals surface area contributed by atoms with Crippen LogP contribution in [0.3, 0.4) is 0 Å². The first kappa shape index (κ1) is 24.5. The first-order valence-corrected chi connectivity index (χ1v) is 11.4. The number of hydrogen-bond acceptors (Lipinski definition) is 7. The van der Waals surface area contributed by atoms with Crippen LogP contribution in [0.1, 0.15) is 23.2 Å². The number of nitrogens with zero attached hydrogens (tertiary/aromatic N) is 1. The van der Waals surface area contributed by atoms with Crippen LogP contribution < -0.4 is 19.5 Å². The van der Waals surface area contributed by atoms with E-state index in [4.69, 9.17) is 14.2 Å². The Hall–Kier alpha value is -4.59. The lowest BCUT2D eigenvalue weighted by Gasteiger charge is -2.14. The van der Waals surface area contributed by atoms with Crippen LogP contribution in [0.2, 0.25) is 0 Å². The Morgan fingerprint density at radius 3 is 2.39 bits per heavy atom. The van der Waals surface area contributed by atoms with Gasteiger partial charge >= 0.3 is 5.97 Å². The minimum Gasteiger partial charge on any atom is -0.493 e. The molecule has 0 radical (unpaired) electrons. The van der Waals surface area contributed by atoms with Gasteiger partial charge in [0.25, 0.3) is 5.91 Å². The van der Waals surface area contributed by atoms with Crippen molar-refractivity contribution in [2.45, 2.75) is 12.8 Å². The zero-order valence-corrected chi connectivity index (χ0v) is 20.0. The van der Waals surface area contributed by atoms with Crippen LogP contribution in [0, 0.1) is 0 Å². The lowest BCUT2D eigenvalue weighted by Crippen LogP contribution is -2.11. The van der Waals surface area contributed by atoms with E-state index in [1.165, 1.54) is 7.11 Å². The number of pyridine rings is 1. The van der Waals surface area contributed by atoms with Crippen molar-refractivity contribution in [2.24, 2.45) is 0 Å². The van der Waals surface area contributed by atoms with Crippen molar-refractivity contribution in [1.82, 2.24) is 4.98 Å². The standard InChI is InChI=1S/C28H26N2O6/c1-33-25-17-22-23(18-26(25)35-16-6-9-27(31)34-2)29-15-14-24(22)36-21-12-10-20(11-13-21)30-28(32)19-7-4-3-5-8-19/h3-5,7-8,10-15,17-18H,6,9,16H2,1-2H3,(H,30,32). The van der Waals surface area contributed by atoms with Crippen molar-refractivity contribution in [3.05, 3.63) is 84.6 Å². The van der Waals surface area contributed by atoms with Crippen molar-refractivity contribution in [1.29, 1.82) is 0 Å². The van der Waals surface area contributed by atoms with Gasteiger partial charge in [0.15, 0.2) is 11.5 Å². The molecule has 0 aliphatic carbocycles. The third kappa shape index (κ3) is 6.09. The number of carbonyl (C=O) groups is 2. The molecule has 1 N–H and O–H groups in total. The van der Waals surface area contributed by atoms with E-state index in [1.54, 1.807) is 61.8 Å². The molecule has 0 fully saturated rings. The van der Waals surface area contributed by atoms with Crippen molar-refractivity contribution in [3.63, 3.8) is 0 Å². The van der Waals surface area contributed by atoms with Crippen molar-refractivity contribution in [3.8, 4) is 23.0 Å². The molecule has 1 amide bonds. The van der Waals surface area contributed by atoms with E-state index in [0.717, 1.165) is 5.39 Å². The number of carbonyl (C=O) groups excluding carboxylic acids is 2. The van der Waals surface area contributed by atoms with Crippen LogP contribution in [-0.2, 0) is 9.53 Å². The fourth-order valence-electron chi connectivity index (χ4n) is 3.52. The summed E-state index contributed by atoms with van der Waals surface area (Å²) in [7, 11) is 2.92. The van der Waals surface area contributed by atoms with Gasteiger partial charge in [0.05, 0.1) is 26.3 Å². The molecule has 0 atom stereocenters. The van der Waals surface area contributed by atoms with E-state index in [0.29, 0.717) is 52.8 Å². The Bertz CT molecular complexity index is 1340. The van der Waals surface area contributed by atoms with Crippen LogP contribution in [0.5, 0.6) is 23.0 Å². The van der Waals surface area contributed by atoms with E-state index in [2.05, 4.69) is 15.0 Å². The molecular formula is C28H26N2O6. The Labute approximate surface area is 208 Å². The molecule has 0 bridgehead atoms. The Morgan fingerprint density at radius 2 is 1.67 bits per heavy atom. The zero-order valence-electron chi connectivity index (χ0n) is 20.0. The van der Waals surface area contributed by atoms with Gasteiger partial charge in [-0.1, -0.05) is 18.2 Å². The highest BCUT2D eigenvalue weighted by Gasteiger charge is 2.13. The number of fused-ring (bicyclic) bond motifs is 1. The smallest absolute Gasteiger partial charge is 0.305 e. The number of benzene rings is 3. The number of methoxy groups -OCH3 is 2. The number of aromatic nitrogens is 1. The molecule has 36 heavy (non-hydrogen) atoms. The molecule has 1 aromatic heterocycles. The summed E-state index contributed by atoms with van der Waals surface area (Å²) in [6.45, 7) is 0.334. The quantitative estimate of drug-likeness (QED) is 0.230. The molecule has 4 aromatic rings. The van der Waals surface area contributed by atoms with Gasteiger partial charge in [0, 0.05) is 35.3 Å². The SMILES string of the molecule is COC(=O)CCCOc1cc2nccc(Oc3ccc(NC(=O)c4ccccc4)cc3)c2cc1OC. The van der Waals surface area contributed by atoms with Gasteiger partial charge in [-0.3, -0.25) is 14.6 Å². The molecular weight excluding hydrogens is 460 g/mol. The third-order valence-electron chi connectivity index (χ3n) is 5.37. The maximum Gasteiger partial charge on any atom is 0.305 e. The molecule has 4 rings (SSSR count). The van der Waals surface area contributed by atoms with E-state index in [9.17, 15) is 9.59 Å². The fourth-order valence-corrected chi connectivity index (χ4v) is 3.52. The molecule has 0 saturated carbocycles. The summed E-state index contributed by atoms with van der Waals surface area (Å²) >= 11 is 0. The normalized spacial score (nSPS) is 10.5. The van der Waals surface area contributed by atoms with Gasteiger partial charge < -0.3 is 24.3 Å². The number of hydrogen-bond donors (Lipinski definition) is 1. The molecule has 1 heterocycles. The highest BCUT2D eigenvalue weighted by Crippen LogP contribution is 2.37. The largest absolute Gasteiger partial charge is 0.493 e. The van der Waals surface area contributed by atoms with Gasteiger partial charge in [-0.2, -0.15) is 0 Å². The number of ether oxygens (including phenoxy) is 4. The van der Waals surface area contributed by atoms with E-state index in [1.807, 2.05) is 24.3 Å². The molecule has 0 unspecified atom stereocenters. The Morgan fingerprint density at radius 1 is 0.889 bits per heavy atom. The fraction of sp³-hybridized carbons (Fsp3) is 0.179. The third-order valence-corrected chi connectivity index (χ3v) is 5.37. The van der Waals surface area contributed by atoms with Gasteiger partial charge in [0.2, 0.25) is 0 Å². The summed E-state index contributed by atoms with van der Waals surface area (Å²) < 4.78 is 22.1. The number of esters is 1. The molecule has 0 saturated heterocycles. The van der Waals surface area contributed by atoms with Gasteiger partial charge in [-0.05, 0) is 55.0 Å².